The summed E-state index contributed by atoms with van der Waals surface area (Å²) in [7, 11) is 0. The van der Waals surface area contributed by atoms with E-state index in [4.69, 9.17) is 4.74 Å². The van der Waals surface area contributed by atoms with E-state index < -0.39 is 42.7 Å². The second-order valence-electron chi connectivity index (χ2n) is 9.65. The van der Waals surface area contributed by atoms with Crippen LogP contribution >= 0.6 is 0 Å². The Bertz CT molecular complexity index is 1030. The monoisotopic (exact) mass is 466 g/mol. The molecular weight excluding hydrogens is 432 g/mol. The Morgan fingerprint density at radius 2 is 1.65 bits per heavy atom. The summed E-state index contributed by atoms with van der Waals surface area (Å²) in [6, 6.07) is 13.7. The van der Waals surface area contributed by atoms with E-state index in [1.807, 2.05) is 49.4 Å². The minimum absolute atomic E-state index is 0.452. The van der Waals surface area contributed by atoms with Crippen LogP contribution in [0.1, 0.15) is 66.0 Å². The molecule has 4 rings (SSSR count). The van der Waals surface area contributed by atoms with E-state index in [9.17, 15) is 25.5 Å². The van der Waals surface area contributed by atoms with E-state index in [0.717, 1.165) is 54.4 Å². The molecule has 5 atom stereocenters. The smallest absolute Gasteiger partial charge is 0.125 e. The molecule has 1 saturated heterocycles. The first-order valence-corrected chi connectivity index (χ1v) is 12.0. The van der Waals surface area contributed by atoms with Crippen LogP contribution in [-0.4, -0.2) is 62.2 Å². The second kappa shape index (κ2) is 10.6. The van der Waals surface area contributed by atoms with Gasteiger partial charge in [0.05, 0.1) is 6.61 Å². The van der Waals surface area contributed by atoms with E-state index in [-0.39, 0.29) is 0 Å². The van der Waals surface area contributed by atoms with Gasteiger partial charge in [-0.25, -0.2) is 0 Å². The molecule has 182 valence electrons. The Kier molecular flexibility index (Phi) is 7.73. The molecule has 1 saturated carbocycles. The summed E-state index contributed by atoms with van der Waals surface area (Å²) >= 11 is 0. The molecule has 0 amide bonds. The zero-order valence-corrected chi connectivity index (χ0v) is 19.5. The topological polar surface area (TPSA) is 110 Å². The third-order valence-electron chi connectivity index (χ3n) is 7.06. The molecule has 1 aliphatic heterocycles. The average Bonchev–Trinajstić information content (AvgIpc) is 2.84. The van der Waals surface area contributed by atoms with Crippen LogP contribution in [0.3, 0.4) is 0 Å². The van der Waals surface area contributed by atoms with Gasteiger partial charge in [0, 0.05) is 5.56 Å². The SMILES string of the molecule is Cc1ccc([C@@H]2O[C@H](CO)[C@@H](O)[C@H](O)[C@H]2O)cc1Cc1ccc(C#CC2(O)CCCCC2)cc1. The van der Waals surface area contributed by atoms with E-state index >= 15 is 0 Å². The molecule has 2 aromatic carbocycles. The predicted octanol–water partition coefficient (Wildman–Crippen LogP) is 2.15. The summed E-state index contributed by atoms with van der Waals surface area (Å²) in [5.74, 6) is 6.19. The fourth-order valence-electron chi connectivity index (χ4n) is 4.81. The van der Waals surface area contributed by atoms with Crippen molar-refractivity contribution in [3.05, 3.63) is 70.3 Å². The molecule has 0 unspecified atom stereocenters. The van der Waals surface area contributed by atoms with Crippen LogP contribution in [0.4, 0.5) is 0 Å². The molecule has 1 aliphatic carbocycles. The van der Waals surface area contributed by atoms with Gasteiger partial charge in [0.1, 0.15) is 36.1 Å². The van der Waals surface area contributed by atoms with E-state index in [2.05, 4.69) is 11.8 Å². The maximum absolute atomic E-state index is 10.6. The van der Waals surface area contributed by atoms with Crippen LogP contribution < -0.4 is 0 Å². The molecule has 6 nitrogen and oxygen atoms in total. The number of aryl methyl sites for hydroxylation is 1. The summed E-state index contributed by atoms with van der Waals surface area (Å²) in [6.07, 6.45) is -0.522. The van der Waals surface area contributed by atoms with Crippen molar-refractivity contribution in [2.24, 2.45) is 0 Å². The standard InChI is InChI=1S/C28H34O6/c1-18-5-10-21(27-26(32)25(31)24(30)23(17-29)34-27)16-22(18)15-20-8-6-19(7-9-20)11-14-28(33)12-3-2-4-13-28/h5-10,16,23-27,29-33H,2-4,12-13,15,17H2,1H3/t23-,24-,25+,26-,27+/m1/s1. The first kappa shape index (κ1) is 24.9. The number of benzene rings is 2. The molecule has 34 heavy (non-hydrogen) atoms. The average molecular weight is 467 g/mol. The Labute approximate surface area is 200 Å². The van der Waals surface area contributed by atoms with Crippen molar-refractivity contribution < 1.29 is 30.3 Å². The zero-order valence-electron chi connectivity index (χ0n) is 19.5. The highest BCUT2D eigenvalue weighted by Gasteiger charge is 2.44. The molecule has 1 heterocycles. The molecule has 2 fully saturated rings. The normalized spacial score (nSPS) is 28.7. The van der Waals surface area contributed by atoms with Gasteiger partial charge < -0.3 is 30.3 Å². The quantitative estimate of drug-likeness (QED) is 0.442. The summed E-state index contributed by atoms with van der Waals surface area (Å²) in [6.45, 7) is 1.56. The zero-order chi connectivity index (χ0) is 24.3. The fourth-order valence-corrected chi connectivity index (χ4v) is 4.81. The Morgan fingerprint density at radius 3 is 2.32 bits per heavy atom. The van der Waals surface area contributed by atoms with Gasteiger partial charge in [-0.15, -0.1) is 0 Å². The van der Waals surface area contributed by atoms with Crippen molar-refractivity contribution in [3.63, 3.8) is 0 Å². The lowest BCUT2D eigenvalue weighted by molar-refractivity contribution is -0.231. The van der Waals surface area contributed by atoms with Gasteiger partial charge in [0.2, 0.25) is 0 Å². The van der Waals surface area contributed by atoms with Crippen molar-refractivity contribution in [1.82, 2.24) is 0 Å². The highest BCUT2D eigenvalue weighted by molar-refractivity contribution is 5.41. The number of hydrogen-bond acceptors (Lipinski definition) is 6. The first-order chi connectivity index (χ1) is 16.3. The fraction of sp³-hybridized carbons (Fsp3) is 0.500. The molecule has 2 aromatic rings. The van der Waals surface area contributed by atoms with Crippen LogP contribution in [0.2, 0.25) is 0 Å². The van der Waals surface area contributed by atoms with Crippen LogP contribution in [0.5, 0.6) is 0 Å². The summed E-state index contributed by atoms with van der Waals surface area (Å²) in [5, 5.41) is 50.7. The third-order valence-corrected chi connectivity index (χ3v) is 7.06. The van der Waals surface area contributed by atoms with Gasteiger partial charge in [-0.2, -0.15) is 0 Å². The number of hydrogen-bond donors (Lipinski definition) is 5. The molecule has 0 bridgehead atoms. The Balaban J connectivity index is 1.49. The van der Waals surface area contributed by atoms with Crippen molar-refractivity contribution >= 4 is 0 Å². The predicted molar refractivity (Wildman–Crippen MR) is 128 cm³/mol. The van der Waals surface area contributed by atoms with Crippen LogP contribution in [0.25, 0.3) is 0 Å². The second-order valence-corrected chi connectivity index (χ2v) is 9.65. The highest BCUT2D eigenvalue weighted by Crippen LogP contribution is 2.33. The summed E-state index contributed by atoms with van der Waals surface area (Å²) in [4.78, 5) is 0. The van der Waals surface area contributed by atoms with Crippen molar-refractivity contribution in [2.45, 2.75) is 81.6 Å². The molecular formula is C28H34O6. The maximum Gasteiger partial charge on any atom is 0.125 e. The molecule has 2 aliphatic rings. The molecule has 5 N–H and O–H groups in total. The van der Waals surface area contributed by atoms with Gasteiger partial charge in [0.25, 0.3) is 0 Å². The van der Waals surface area contributed by atoms with Crippen LogP contribution in [0.15, 0.2) is 42.5 Å². The summed E-state index contributed by atoms with van der Waals surface area (Å²) in [5.41, 5.74) is 3.91. The van der Waals surface area contributed by atoms with E-state index in [0.29, 0.717) is 12.0 Å². The van der Waals surface area contributed by atoms with Crippen LogP contribution in [-0.2, 0) is 11.2 Å². The van der Waals surface area contributed by atoms with Gasteiger partial charge in [0.15, 0.2) is 0 Å². The maximum atomic E-state index is 10.6. The molecule has 0 aromatic heterocycles. The largest absolute Gasteiger partial charge is 0.394 e. The van der Waals surface area contributed by atoms with Crippen molar-refractivity contribution in [3.8, 4) is 11.8 Å². The summed E-state index contributed by atoms with van der Waals surface area (Å²) < 4.78 is 5.72. The van der Waals surface area contributed by atoms with Gasteiger partial charge in [-0.1, -0.05) is 48.6 Å². The van der Waals surface area contributed by atoms with Crippen LogP contribution in [0, 0.1) is 18.8 Å². The lowest BCUT2D eigenvalue weighted by Crippen LogP contribution is -2.55. The Morgan fingerprint density at radius 1 is 0.941 bits per heavy atom. The molecule has 0 spiro atoms. The number of aliphatic hydroxyl groups excluding tert-OH is 4. The molecule has 0 radical (unpaired) electrons. The van der Waals surface area contributed by atoms with E-state index in [1.54, 1.807) is 0 Å². The third kappa shape index (κ3) is 5.52. The minimum atomic E-state index is -1.40. The van der Waals surface area contributed by atoms with Gasteiger partial charge >= 0.3 is 0 Å². The van der Waals surface area contributed by atoms with E-state index in [1.165, 1.54) is 0 Å². The van der Waals surface area contributed by atoms with Gasteiger partial charge in [-0.3, -0.25) is 0 Å². The number of rotatable bonds is 4. The first-order valence-electron chi connectivity index (χ1n) is 12.0. The van der Waals surface area contributed by atoms with Crippen molar-refractivity contribution in [2.75, 3.05) is 6.61 Å². The number of aliphatic hydroxyl groups is 5. The molecule has 6 heteroatoms. The number of ether oxygens (including phenoxy) is 1. The Hall–Kier alpha value is -2.24. The van der Waals surface area contributed by atoms with Crippen molar-refractivity contribution in [1.29, 1.82) is 0 Å². The highest BCUT2D eigenvalue weighted by atomic mass is 16.5. The lowest BCUT2D eigenvalue weighted by Gasteiger charge is -2.40. The van der Waals surface area contributed by atoms with Gasteiger partial charge in [-0.05, 0) is 73.4 Å². The lowest BCUT2D eigenvalue weighted by atomic mass is 9.85. The minimum Gasteiger partial charge on any atom is -0.394 e.